The summed E-state index contributed by atoms with van der Waals surface area (Å²) in [7, 11) is 0. The number of hydrogen-bond donors (Lipinski definition) is 1. The molecule has 1 heterocycles. The lowest BCUT2D eigenvalue weighted by atomic mass is 9.83. The Morgan fingerprint density at radius 3 is 3.07 bits per heavy atom. The SMILES string of the molecule is O=C(NCCC1CCC1)c1cscn1. The average molecular weight is 210 g/mol. The second-order valence-electron chi connectivity index (χ2n) is 3.72. The quantitative estimate of drug-likeness (QED) is 0.826. The van der Waals surface area contributed by atoms with E-state index in [0.29, 0.717) is 5.69 Å². The molecule has 1 N–H and O–H groups in total. The van der Waals surface area contributed by atoms with Crippen LogP contribution in [-0.4, -0.2) is 17.4 Å². The average Bonchev–Trinajstić information content (AvgIpc) is 2.61. The van der Waals surface area contributed by atoms with Crippen molar-refractivity contribution in [3.63, 3.8) is 0 Å². The van der Waals surface area contributed by atoms with Crippen molar-refractivity contribution >= 4 is 17.2 Å². The van der Waals surface area contributed by atoms with Crippen molar-refractivity contribution in [2.75, 3.05) is 6.54 Å². The Balaban J connectivity index is 1.67. The van der Waals surface area contributed by atoms with Crippen LogP contribution in [0.3, 0.4) is 0 Å². The molecule has 0 radical (unpaired) electrons. The first kappa shape index (κ1) is 9.65. The Morgan fingerprint density at radius 2 is 2.50 bits per heavy atom. The van der Waals surface area contributed by atoms with Gasteiger partial charge in [0.25, 0.3) is 5.91 Å². The summed E-state index contributed by atoms with van der Waals surface area (Å²) in [6.45, 7) is 0.793. The molecule has 1 aliphatic carbocycles. The van der Waals surface area contributed by atoms with Gasteiger partial charge >= 0.3 is 0 Å². The van der Waals surface area contributed by atoms with Gasteiger partial charge in [-0.15, -0.1) is 11.3 Å². The van der Waals surface area contributed by atoms with E-state index < -0.39 is 0 Å². The standard InChI is InChI=1S/C10H14N2OS/c13-10(9-6-14-7-12-9)11-5-4-8-2-1-3-8/h6-8H,1-5H2,(H,11,13). The Morgan fingerprint density at radius 1 is 1.64 bits per heavy atom. The first-order valence-corrected chi connectivity index (χ1v) is 5.97. The molecule has 3 nitrogen and oxygen atoms in total. The molecular formula is C10H14N2OS. The third-order valence-corrected chi connectivity index (χ3v) is 3.31. The monoisotopic (exact) mass is 210 g/mol. The topological polar surface area (TPSA) is 42.0 Å². The highest BCUT2D eigenvalue weighted by Crippen LogP contribution is 2.28. The van der Waals surface area contributed by atoms with Gasteiger partial charge in [-0.05, 0) is 12.3 Å². The van der Waals surface area contributed by atoms with Crippen molar-refractivity contribution in [3.8, 4) is 0 Å². The Hall–Kier alpha value is -0.900. The molecule has 1 aromatic rings. The van der Waals surface area contributed by atoms with Gasteiger partial charge in [0.2, 0.25) is 0 Å². The summed E-state index contributed by atoms with van der Waals surface area (Å²) >= 11 is 1.45. The molecular weight excluding hydrogens is 196 g/mol. The van der Waals surface area contributed by atoms with Crippen LogP contribution in [0.5, 0.6) is 0 Å². The van der Waals surface area contributed by atoms with Crippen LogP contribution in [0.4, 0.5) is 0 Å². The number of aromatic nitrogens is 1. The van der Waals surface area contributed by atoms with Gasteiger partial charge in [0.15, 0.2) is 0 Å². The number of nitrogens with zero attached hydrogens (tertiary/aromatic N) is 1. The van der Waals surface area contributed by atoms with Crippen LogP contribution in [0.2, 0.25) is 0 Å². The van der Waals surface area contributed by atoms with E-state index in [0.717, 1.165) is 18.9 Å². The van der Waals surface area contributed by atoms with Crippen LogP contribution < -0.4 is 5.32 Å². The van der Waals surface area contributed by atoms with Crippen LogP contribution in [0.25, 0.3) is 0 Å². The van der Waals surface area contributed by atoms with E-state index in [-0.39, 0.29) is 5.91 Å². The number of rotatable bonds is 4. The van der Waals surface area contributed by atoms with Gasteiger partial charge in [-0.25, -0.2) is 4.98 Å². The zero-order valence-corrected chi connectivity index (χ0v) is 8.85. The van der Waals surface area contributed by atoms with Crippen LogP contribution in [0, 0.1) is 5.92 Å². The van der Waals surface area contributed by atoms with E-state index in [4.69, 9.17) is 0 Å². The fourth-order valence-corrected chi connectivity index (χ4v) is 2.12. The molecule has 0 atom stereocenters. The fraction of sp³-hybridized carbons (Fsp3) is 0.600. The molecule has 1 amide bonds. The van der Waals surface area contributed by atoms with Gasteiger partial charge in [0.05, 0.1) is 5.51 Å². The maximum Gasteiger partial charge on any atom is 0.270 e. The first-order chi connectivity index (χ1) is 6.86. The van der Waals surface area contributed by atoms with Crippen molar-refractivity contribution in [3.05, 3.63) is 16.6 Å². The minimum absolute atomic E-state index is 0.0365. The number of carbonyl (C=O) groups is 1. The number of amides is 1. The largest absolute Gasteiger partial charge is 0.351 e. The maximum absolute atomic E-state index is 11.4. The van der Waals surface area contributed by atoms with Crippen LogP contribution in [-0.2, 0) is 0 Å². The number of nitrogens with one attached hydrogen (secondary N) is 1. The number of thiazole rings is 1. The molecule has 2 rings (SSSR count). The van der Waals surface area contributed by atoms with Gasteiger partial charge in [-0.2, -0.15) is 0 Å². The van der Waals surface area contributed by atoms with Crippen molar-refractivity contribution < 1.29 is 4.79 Å². The lowest BCUT2D eigenvalue weighted by Crippen LogP contribution is -2.27. The number of carbonyl (C=O) groups excluding carboxylic acids is 1. The molecule has 14 heavy (non-hydrogen) atoms. The van der Waals surface area contributed by atoms with E-state index in [1.165, 1.54) is 30.6 Å². The molecule has 1 aliphatic rings. The summed E-state index contributed by atoms with van der Waals surface area (Å²) in [5.41, 5.74) is 2.23. The lowest BCUT2D eigenvalue weighted by Gasteiger charge is -2.24. The molecule has 1 aromatic heterocycles. The first-order valence-electron chi connectivity index (χ1n) is 5.02. The molecule has 0 spiro atoms. The summed E-state index contributed by atoms with van der Waals surface area (Å²) < 4.78 is 0. The fourth-order valence-electron chi connectivity index (χ4n) is 1.59. The summed E-state index contributed by atoms with van der Waals surface area (Å²) in [5.74, 6) is 0.816. The van der Waals surface area contributed by atoms with Crippen LogP contribution in [0.15, 0.2) is 10.9 Å². The van der Waals surface area contributed by atoms with Crippen LogP contribution in [0.1, 0.15) is 36.2 Å². The third-order valence-electron chi connectivity index (χ3n) is 2.73. The molecule has 1 saturated carbocycles. The molecule has 0 aromatic carbocycles. The smallest absolute Gasteiger partial charge is 0.270 e. The molecule has 0 aliphatic heterocycles. The summed E-state index contributed by atoms with van der Waals surface area (Å²) in [6, 6.07) is 0. The Labute approximate surface area is 87.6 Å². The Kier molecular flexibility index (Phi) is 3.14. The van der Waals surface area contributed by atoms with Gasteiger partial charge < -0.3 is 5.32 Å². The zero-order valence-electron chi connectivity index (χ0n) is 8.03. The highest BCUT2D eigenvalue weighted by atomic mass is 32.1. The van der Waals surface area contributed by atoms with E-state index in [1.807, 2.05) is 0 Å². The molecule has 76 valence electrons. The summed E-state index contributed by atoms with van der Waals surface area (Å²) in [5, 5.41) is 4.67. The molecule has 1 fully saturated rings. The van der Waals surface area contributed by atoms with Crippen molar-refractivity contribution in [2.45, 2.75) is 25.7 Å². The zero-order chi connectivity index (χ0) is 9.80. The third kappa shape index (κ3) is 2.32. The minimum atomic E-state index is -0.0365. The molecule has 0 unspecified atom stereocenters. The van der Waals surface area contributed by atoms with Gasteiger partial charge in [-0.3, -0.25) is 4.79 Å². The van der Waals surface area contributed by atoms with Gasteiger partial charge in [0, 0.05) is 11.9 Å². The van der Waals surface area contributed by atoms with Gasteiger partial charge in [-0.1, -0.05) is 19.3 Å². The Bertz CT molecular complexity index is 293. The minimum Gasteiger partial charge on any atom is -0.351 e. The summed E-state index contributed by atoms with van der Waals surface area (Å²) in [4.78, 5) is 15.4. The van der Waals surface area contributed by atoms with E-state index >= 15 is 0 Å². The molecule has 0 bridgehead atoms. The predicted molar refractivity (Wildman–Crippen MR) is 56.4 cm³/mol. The van der Waals surface area contributed by atoms with Gasteiger partial charge in [0.1, 0.15) is 5.69 Å². The van der Waals surface area contributed by atoms with E-state index in [2.05, 4.69) is 10.3 Å². The summed E-state index contributed by atoms with van der Waals surface area (Å²) in [6.07, 6.45) is 5.17. The lowest BCUT2D eigenvalue weighted by molar-refractivity contribution is 0.0944. The maximum atomic E-state index is 11.4. The molecule has 0 saturated heterocycles. The van der Waals surface area contributed by atoms with Crippen molar-refractivity contribution in [1.82, 2.24) is 10.3 Å². The highest BCUT2D eigenvalue weighted by molar-refractivity contribution is 7.07. The molecule has 4 heteroatoms. The second kappa shape index (κ2) is 4.55. The van der Waals surface area contributed by atoms with E-state index in [9.17, 15) is 4.79 Å². The van der Waals surface area contributed by atoms with E-state index in [1.54, 1.807) is 10.9 Å². The highest BCUT2D eigenvalue weighted by Gasteiger charge is 2.17. The second-order valence-corrected chi connectivity index (χ2v) is 4.43. The predicted octanol–water partition coefficient (Wildman–Crippen LogP) is 2.06. The normalized spacial score (nSPS) is 16.3. The number of hydrogen-bond acceptors (Lipinski definition) is 3. The van der Waals surface area contributed by atoms with Crippen LogP contribution >= 0.6 is 11.3 Å². The van der Waals surface area contributed by atoms with Crippen molar-refractivity contribution in [2.24, 2.45) is 5.92 Å². The van der Waals surface area contributed by atoms with Crippen molar-refractivity contribution in [1.29, 1.82) is 0 Å².